The third-order valence-electron chi connectivity index (χ3n) is 6.20. The largest absolute Gasteiger partial charge is 0.497 e. The predicted molar refractivity (Wildman–Crippen MR) is 153 cm³/mol. The van der Waals surface area contributed by atoms with Crippen molar-refractivity contribution in [1.82, 2.24) is 10.2 Å². The Morgan fingerprint density at radius 3 is 2.28 bits per heavy atom. The second kappa shape index (κ2) is 13.0. The van der Waals surface area contributed by atoms with E-state index < -0.39 is 28.5 Å². The Morgan fingerprint density at radius 2 is 1.69 bits per heavy atom. The first-order valence-corrected chi connectivity index (χ1v) is 14.3. The van der Waals surface area contributed by atoms with Gasteiger partial charge in [0.15, 0.2) is 0 Å². The van der Waals surface area contributed by atoms with Crippen LogP contribution in [0.15, 0.2) is 76.1 Å². The molecule has 1 atom stereocenters. The summed E-state index contributed by atoms with van der Waals surface area (Å²) in [6, 6.07) is 17.5. The van der Waals surface area contributed by atoms with E-state index in [1.807, 2.05) is 31.2 Å². The summed E-state index contributed by atoms with van der Waals surface area (Å²) in [5.74, 6) is -0.346. The highest BCUT2D eigenvalue weighted by atomic mass is 79.9. The lowest BCUT2D eigenvalue weighted by Gasteiger charge is -2.32. The zero-order valence-corrected chi connectivity index (χ0v) is 24.9. The SMILES string of the molecule is CNC(=O)[C@@H](C)N(Cc1cccc(Br)c1)C(=O)CN(c1cc(OC)ccc1OC)S(=O)(=O)c1ccc(C)cc1. The molecule has 9 nitrogen and oxygen atoms in total. The molecule has 39 heavy (non-hydrogen) atoms. The van der Waals surface area contributed by atoms with Crippen LogP contribution in [-0.2, 0) is 26.2 Å². The van der Waals surface area contributed by atoms with Gasteiger partial charge in [0.1, 0.15) is 24.1 Å². The van der Waals surface area contributed by atoms with Crippen molar-refractivity contribution in [2.24, 2.45) is 0 Å². The van der Waals surface area contributed by atoms with Crippen molar-refractivity contribution in [2.45, 2.75) is 31.3 Å². The molecule has 0 aromatic heterocycles. The number of anilines is 1. The van der Waals surface area contributed by atoms with E-state index in [1.54, 1.807) is 31.2 Å². The number of carbonyl (C=O) groups is 2. The van der Waals surface area contributed by atoms with E-state index in [4.69, 9.17) is 9.47 Å². The van der Waals surface area contributed by atoms with Gasteiger partial charge in [0.25, 0.3) is 10.0 Å². The quantitative estimate of drug-likeness (QED) is 0.347. The van der Waals surface area contributed by atoms with Crippen LogP contribution in [0.1, 0.15) is 18.1 Å². The molecule has 3 rings (SSSR count). The number of sulfonamides is 1. The molecular formula is C28H32BrN3O6S. The molecule has 0 saturated carbocycles. The molecule has 11 heteroatoms. The number of hydrogen-bond donors (Lipinski definition) is 1. The zero-order valence-electron chi connectivity index (χ0n) is 22.5. The first kappa shape index (κ1) is 30.0. The molecule has 0 spiro atoms. The Labute approximate surface area is 237 Å². The van der Waals surface area contributed by atoms with Crippen molar-refractivity contribution in [3.63, 3.8) is 0 Å². The number of carbonyl (C=O) groups excluding carboxylic acids is 2. The number of hydrogen-bond acceptors (Lipinski definition) is 6. The van der Waals surface area contributed by atoms with Crippen LogP contribution in [0.2, 0.25) is 0 Å². The van der Waals surface area contributed by atoms with Crippen molar-refractivity contribution in [3.05, 3.63) is 82.3 Å². The van der Waals surface area contributed by atoms with E-state index in [1.165, 1.54) is 44.4 Å². The number of nitrogens with zero attached hydrogens (tertiary/aromatic N) is 2. The number of halogens is 1. The number of ether oxygens (including phenoxy) is 2. The highest BCUT2D eigenvalue weighted by Crippen LogP contribution is 2.36. The van der Waals surface area contributed by atoms with Gasteiger partial charge in [-0.15, -0.1) is 0 Å². The van der Waals surface area contributed by atoms with Crippen LogP contribution in [0.3, 0.4) is 0 Å². The van der Waals surface area contributed by atoms with Gasteiger partial charge in [-0.25, -0.2) is 8.42 Å². The van der Waals surface area contributed by atoms with E-state index in [9.17, 15) is 18.0 Å². The molecule has 0 radical (unpaired) electrons. The van der Waals surface area contributed by atoms with Gasteiger partial charge in [-0.3, -0.25) is 13.9 Å². The van der Waals surface area contributed by atoms with Crippen molar-refractivity contribution in [2.75, 3.05) is 32.1 Å². The second-order valence-corrected chi connectivity index (χ2v) is 11.6. The number of amides is 2. The number of likely N-dealkylation sites (N-methyl/N-ethyl adjacent to an activating group) is 1. The fraction of sp³-hybridized carbons (Fsp3) is 0.286. The van der Waals surface area contributed by atoms with Crippen LogP contribution in [0.4, 0.5) is 5.69 Å². The lowest BCUT2D eigenvalue weighted by Crippen LogP contribution is -2.50. The number of methoxy groups -OCH3 is 2. The fourth-order valence-electron chi connectivity index (χ4n) is 3.97. The Bertz CT molecular complexity index is 1430. The molecule has 3 aromatic carbocycles. The first-order chi connectivity index (χ1) is 18.5. The molecule has 2 amide bonds. The molecule has 0 saturated heterocycles. The summed E-state index contributed by atoms with van der Waals surface area (Å²) in [7, 11) is 0.108. The average molecular weight is 619 g/mol. The zero-order chi connectivity index (χ0) is 28.7. The van der Waals surface area contributed by atoms with Crippen LogP contribution in [0.5, 0.6) is 11.5 Å². The summed E-state index contributed by atoms with van der Waals surface area (Å²) in [6.07, 6.45) is 0. The molecule has 0 heterocycles. The number of nitrogens with one attached hydrogen (secondary N) is 1. The van der Waals surface area contributed by atoms with Gasteiger partial charge in [-0.1, -0.05) is 45.8 Å². The van der Waals surface area contributed by atoms with Gasteiger partial charge in [0.2, 0.25) is 11.8 Å². The van der Waals surface area contributed by atoms with Crippen molar-refractivity contribution in [3.8, 4) is 11.5 Å². The van der Waals surface area contributed by atoms with Crippen LogP contribution in [0.25, 0.3) is 0 Å². The molecule has 0 fully saturated rings. The average Bonchev–Trinajstić information content (AvgIpc) is 2.93. The predicted octanol–water partition coefficient (Wildman–Crippen LogP) is 4.13. The topological polar surface area (TPSA) is 105 Å². The number of rotatable bonds is 11. The summed E-state index contributed by atoms with van der Waals surface area (Å²) in [5.41, 5.74) is 1.77. The van der Waals surface area contributed by atoms with E-state index in [0.717, 1.165) is 19.9 Å². The van der Waals surface area contributed by atoms with E-state index in [-0.39, 0.29) is 28.8 Å². The number of aryl methyl sites for hydroxylation is 1. The summed E-state index contributed by atoms with van der Waals surface area (Å²) < 4.78 is 40.6. The maximum Gasteiger partial charge on any atom is 0.264 e. The molecule has 1 N–H and O–H groups in total. The molecule has 0 aliphatic heterocycles. The standard InChI is InChI=1S/C28H32BrN3O6S/c1-19-9-12-24(13-10-19)39(35,36)32(25-16-23(37-4)11-14-26(25)38-5)18-27(33)31(20(2)28(34)30-3)17-21-7-6-8-22(29)15-21/h6-16,20H,17-18H2,1-5H3,(H,30,34)/t20-/m1/s1. The van der Waals surface area contributed by atoms with Gasteiger partial charge in [0.05, 0.1) is 24.8 Å². The highest BCUT2D eigenvalue weighted by molar-refractivity contribution is 9.10. The van der Waals surface area contributed by atoms with Gasteiger partial charge in [-0.05, 0) is 55.8 Å². The molecule has 3 aromatic rings. The minimum Gasteiger partial charge on any atom is -0.497 e. The minimum absolute atomic E-state index is 0.00339. The van der Waals surface area contributed by atoms with E-state index in [0.29, 0.717) is 5.75 Å². The molecule has 0 unspecified atom stereocenters. The molecular weight excluding hydrogens is 586 g/mol. The van der Waals surface area contributed by atoms with Gasteiger partial charge < -0.3 is 19.7 Å². The van der Waals surface area contributed by atoms with Gasteiger partial charge >= 0.3 is 0 Å². The maximum atomic E-state index is 14.0. The van der Waals surface area contributed by atoms with E-state index in [2.05, 4.69) is 21.2 Å². The summed E-state index contributed by atoms with van der Waals surface area (Å²) >= 11 is 3.43. The summed E-state index contributed by atoms with van der Waals surface area (Å²) in [4.78, 5) is 27.9. The van der Waals surface area contributed by atoms with Crippen LogP contribution in [-0.4, -0.2) is 59.0 Å². The van der Waals surface area contributed by atoms with Crippen LogP contribution < -0.4 is 19.1 Å². The molecule has 208 valence electrons. The van der Waals surface area contributed by atoms with Gasteiger partial charge in [-0.2, -0.15) is 0 Å². The second-order valence-electron chi connectivity index (χ2n) is 8.80. The lowest BCUT2D eigenvalue weighted by atomic mass is 10.1. The number of benzene rings is 3. The maximum absolute atomic E-state index is 14.0. The van der Waals surface area contributed by atoms with Crippen LogP contribution >= 0.6 is 15.9 Å². The van der Waals surface area contributed by atoms with Crippen molar-refractivity contribution >= 4 is 43.5 Å². The van der Waals surface area contributed by atoms with Crippen LogP contribution in [0, 0.1) is 6.92 Å². The van der Waals surface area contributed by atoms with E-state index >= 15 is 0 Å². The Morgan fingerprint density at radius 1 is 1.00 bits per heavy atom. The Balaban J connectivity index is 2.13. The Hall–Kier alpha value is -3.57. The summed E-state index contributed by atoms with van der Waals surface area (Å²) in [5, 5.41) is 2.57. The van der Waals surface area contributed by atoms with Gasteiger partial charge in [0, 0.05) is 24.1 Å². The molecule has 0 aliphatic carbocycles. The fourth-order valence-corrected chi connectivity index (χ4v) is 5.83. The third kappa shape index (κ3) is 7.10. The Kier molecular flexibility index (Phi) is 9.98. The third-order valence-corrected chi connectivity index (χ3v) is 8.47. The molecule has 0 bridgehead atoms. The van der Waals surface area contributed by atoms with Crippen molar-refractivity contribution in [1.29, 1.82) is 0 Å². The highest BCUT2D eigenvalue weighted by Gasteiger charge is 2.34. The summed E-state index contributed by atoms with van der Waals surface area (Å²) in [6.45, 7) is 2.94. The lowest BCUT2D eigenvalue weighted by molar-refractivity contribution is -0.139. The minimum atomic E-state index is -4.25. The first-order valence-electron chi connectivity index (χ1n) is 12.1. The monoisotopic (exact) mass is 617 g/mol. The molecule has 0 aliphatic rings. The van der Waals surface area contributed by atoms with Crippen molar-refractivity contribution < 1.29 is 27.5 Å². The normalized spacial score (nSPS) is 11.8. The smallest absolute Gasteiger partial charge is 0.264 e.